The second-order valence-corrected chi connectivity index (χ2v) is 7.31. The lowest BCUT2D eigenvalue weighted by Crippen LogP contribution is -1.84. The molecule has 1 fully saturated rings. The van der Waals surface area contributed by atoms with E-state index in [4.69, 9.17) is 4.74 Å². The van der Waals surface area contributed by atoms with Crippen molar-refractivity contribution in [2.75, 3.05) is 6.61 Å². The van der Waals surface area contributed by atoms with Crippen molar-refractivity contribution in [2.24, 2.45) is 0 Å². The van der Waals surface area contributed by atoms with E-state index in [-0.39, 0.29) is 0 Å². The molecule has 1 aliphatic heterocycles. The Morgan fingerprint density at radius 2 is 1.23 bits per heavy atom. The molecule has 0 spiro atoms. The first-order valence-corrected chi connectivity index (χ1v) is 11.4. The van der Waals surface area contributed by atoms with Crippen LogP contribution in [0.1, 0.15) is 124 Å². The van der Waals surface area contributed by atoms with Crippen molar-refractivity contribution in [3.8, 4) is 0 Å². The van der Waals surface area contributed by atoms with E-state index < -0.39 is 0 Å². The van der Waals surface area contributed by atoms with Gasteiger partial charge < -0.3 is 9.53 Å². The number of hydrogen-bond acceptors (Lipinski definition) is 2. The van der Waals surface area contributed by atoms with Crippen LogP contribution in [0, 0.1) is 0 Å². The van der Waals surface area contributed by atoms with E-state index >= 15 is 0 Å². The molecule has 0 saturated carbocycles. The predicted octanol–water partition coefficient (Wildman–Crippen LogP) is 8.04. The summed E-state index contributed by atoms with van der Waals surface area (Å²) in [4.78, 5) is 9.84. The van der Waals surface area contributed by atoms with Gasteiger partial charge in [0.05, 0.1) is 12.7 Å². The molecule has 2 heteroatoms. The zero-order valence-corrected chi connectivity index (χ0v) is 18.3. The number of unbranched alkanes of at least 4 members (excludes halogenated alkanes) is 12. The number of carbonyl (C=O) groups excluding carboxylic acids is 1. The maximum atomic E-state index is 9.84. The number of carbonyl (C=O) groups is 1. The Morgan fingerprint density at radius 1 is 0.769 bits per heavy atom. The highest BCUT2D eigenvalue weighted by Gasteiger charge is 2.20. The highest BCUT2D eigenvalue weighted by atomic mass is 16.6. The summed E-state index contributed by atoms with van der Waals surface area (Å²) < 4.78 is 5.09. The number of ether oxygens (including phenoxy) is 1. The molecule has 0 aromatic rings. The van der Waals surface area contributed by atoms with Gasteiger partial charge in [0.25, 0.3) is 0 Å². The summed E-state index contributed by atoms with van der Waals surface area (Å²) in [5.41, 5.74) is 0. The summed E-state index contributed by atoms with van der Waals surface area (Å²) >= 11 is 0. The SMILES string of the molecule is C=CCCCCCC.CCCCCCC1CO1.CCCCCCCC=O. The largest absolute Gasteiger partial charge is 0.373 e. The minimum Gasteiger partial charge on any atom is -0.373 e. The van der Waals surface area contributed by atoms with Crippen molar-refractivity contribution in [3.63, 3.8) is 0 Å². The van der Waals surface area contributed by atoms with Gasteiger partial charge in [-0.15, -0.1) is 6.58 Å². The van der Waals surface area contributed by atoms with Crippen LogP contribution in [0.3, 0.4) is 0 Å². The molecule has 1 rings (SSSR count). The lowest BCUT2D eigenvalue weighted by Gasteiger charge is -1.93. The topological polar surface area (TPSA) is 29.6 Å². The van der Waals surface area contributed by atoms with Crippen molar-refractivity contribution in [3.05, 3.63) is 12.7 Å². The third-order valence-electron chi connectivity index (χ3n) is 4.47. The molecule has 1 heterocycles. The molecule has 2 nitrogen and oxygen atoms in total. The highest BCUT2D eigenvalue weighted by Crippen LogP contribution is 2.17. The van der Waals surface area contributed by atoms with E-state index in [9.17, 15) is 4.79 Å². The van der Waals surface area contributed by atoms with Crippen LogP contribution in [-0.4, -0.2) is 19.0 Å². The van der Waals surface area contributed by atoms with Crippen LogP contribution in [0.25, 0.3) is 0 Å². The van der Waals surface area contributed by atoms with E-state index in [2.05, 4.69) is 27.4 Å². The van der Waals surface area contributed by atoms with Crippen LogP contribution >= 0.6 is 0 Å². The zero-order chi connectivity index (χ0) is 19.7. The van der Waals surface area contributed by atoms with Crippen LogP contribution in [0.15, 0.2) is 12.7 Å². The molecule has 156 valence electrons. The fourth-order valence-electron chi connectivity index (χ4n) is 2.58. The van der Waals surface area contributed by atoms with Gasteiger partial charge in [0.1, 0.15) is 6.29 Å². The summed E-state index contributed by atoms with van der Waals surface area (Å²) in [6, 6.07) is 0. The Morgan fingerprint density at radius 3 is 1.69 bits per heavy atom. The summed E-state index contributed by atoms with van der Waals surface area (Å²) in [6.07, 6.45) is 24.0. The van der Waals surface area contributed by atoms with E-state index in [0.717, 1.165) is 25.7 Å². The number of allylic oxidation sites excluding steroid dienone is 1. The second kappa shape index (κ2) is 26.6. The standard InChI is InChI=1S/2C8H16O.C8H16/c1-2-3-4-5-6-8-7-9-8;1-2-3-4-5-6-7-8-9;1-3-5-7-8-6-4-2/h2*8H,2-7H2,1H3;3H,1,4-8H2,2H3. The van der Waals surface area contributed by atoms with Gasteiger partial charge in [-0.25, -0.2) is 0 Å². The van der Waals surface area contributed by atoms with Crippen LogP contribution in [0.5, 0.6) is 0 Å². The molecule has 0 aliphatic carbocycles. The molecule has 0 amide bonds. The van der Waals surface area contributed by atoms with Gasteiger partial charge in [0.15, 0.2) is 0 Å². The van der Waals surface area contributed by atoms with Gasteiger partial charge in [0, 0.05) is 6.42 Å². The summed E-state index contributed by atoms with van der Waals surface area (Å²) in [6.45, 7) is 11.4. The molecule has 0 radical (unpaired) electrons. The molecule has 0 bridgehead atoms. The molecule has 1 saturated heterocycles. The Balaban J connectivity index is 0. The quantitative estimate of drug-likeness (QED) is 0.119. The van der Waals surface area contributed by atoms with E-state index in [1.54, 1.807) is 0 Å². The van der Waals surface area contributed by atoms with Crippen molar-refractivity contribution in [1.82, 2.24) is 0 Å². The zero-order valence-electron chi connectivity index (χ0n) is 18.3. The van der Waals surface area contributed by atoms with E-state index in [1.807, 2.05) is 6.08 Å². The Labute approximate surface area is 165 Å². The predicted molar refractivity (Wildman–Crippen MR) is 117 cm³/mol. The van der Waals surface area contributed by atoms with Crippen LogP contribution in [0.4, 0.5) is 0 Å². The lowest BCUT2D eigenvalue weighted by molar-refractivity contribution is -0.107. The minimum atomic E-state index is 0.654. The van der Waals surface area contributed by atoms with Crippen LogP contribution < -0.4 is 0 Å². The number of aldehydes is 1. The van der Waals surface area contributed by atoms with E-state index in [1.165, 1.54) is 89.9 Å². The van der Waals surface area contributed by atoms with Crippen molar-refractivity contribution in [2.45, 2.75) is 130 Å². The first kappa shape index (κ1) is 27.6. The molecule has 0 N–H and O–H groups in total. The number of epoxide rings is 1. The average Bonchev–Trinajstić information content (AvgIpc) is 3.48. The van der Waals surface area contributed by atoms with Crippen molar-refractivity contribution >= 4 is 6.29 Å². The molecule has 1 aliphatic rings. The first-order chi connectivity index (χ1) is 12.8. The Hall–Kier alpha value is -0.630. The highest BCUT2D eigenvalue weighted by molar-refractivity contribution is 5.48. The molecule has 26 heavy (non-hydrogen) atoms. The fourth-order valence-corrected chi connectivity index (χ4v) is 2.58. The van der Waals surface area contributed by atoms with E-state index in [0.29, 0.717) is 6.10 Å². The fraction of sp³-hybridized carbons (Fsp3) is 0.875. The minimum absolute atomic E-state index is 0.654. The van der Waals surface area contributed by atoms with Gasteiger partial charge in [-0.3, -0.25) is 0 Å². The lowest BCUT2D eigenvalue weighted by atomic mass is 10.1. The first-order valence-electron chi connectivity index (χ1n) is 11.4. The molecule has 1 atom stereocenters. The molecular formula is C24H48O2. The average molecular weight is 369 g/mol. The van der Waals surface area contributed by atoms with Gasteiger partial charge in [0.2, 0.25) is 0 Å². The van der Waals surface area contributed by atoms with Crippen molar-refractivity contribution < 1.29 is 9.53 Å². The van der Waals surface area contributed by atoms with Crippen molar-refractivity contribution in [1.29, 1.82) is 0 Å². The molecule has 0 aromatic carbocycles. The number of hydrogen-bond donors (Lipinski definition) is 0. The third-order valence-corrected chi connectivity index (χ3v) is 4.47. The maximum Gasteiger partial charge on any atom is 0.119 e. The monoisotopic (exact) mass is 368 g/mol. The van der Waals surface area contributed by atoms with Gasteiger partial charge in [-0.1, -0.05) is 97.5 Å². The summed E-state index contributed by atoms with van der Waals surface area (Å²) in [5.74, 6) is 0. The van der Waals surface area contributed by atoms with Crippen LogP contribution in [0.2, 0.25) is 0 Å². The third kappa shape index (κ3) is 31.2. The maximum absolute atomic E-state index is 9.84. The van der Waals surface area contributed by atoms with Gasteiger partial charge >= 0.3 is 0 Å². The molecule has 1 unspecified atom stereocenters. The summed E-state index contributed by atoms with van der Waals surface area (Å²) in [5, 5.41) is 0. The van der Waals surface area contributed by atoms with Gasteiger partial charge in [-0.05, 0) is 25.7 Å². The molecule has 0 aromatic heterocycles. The Bertz CT molecular complexity index is 259. The Kier molecular flexibility index (Phi) is 28.2. The normalized spacial score (nSPS) is 14.5. The van der Waals surface area contributed by atoms with Gasteiger partial charge in [-0.2, -0.15) is 0 Å². The smallest absolute Gasteiger partial charge is 0.119 e. The van der Waals surface area contributed by atoms with Crippen LogP contribution in [-0.2, 0) is 9.53 Å². The molecular weight excluding hydrogens is 320 g/mol. The second-order valence-electron chi connectivity index (χ2n) is 7.31. The summed E-state index contributed by atoms with van der Waals surface area (Å²) in [7, 11) is 0. The number of rotatable bonds is 16.